The first kappa shape index (κ1) is 45.7. The summed E-state index contributed by atoms with van der Waals surface area (Å²) in [5, 5.41) is 9.30. The second-order valence-electron chi connectivity index (χ2n) is 15.1. The monoisotopic (exact) mass is 827 g/mol. The molecule has 1 aliphatic heterocycles. The van der Waals surface area contributed by atoms with Crippen LogP contribution in [0.4, 0.5) is 4.79 Å². The van der Waals surface area contributed by atoms with Crippen LogP contribution in [0.2, 0.25) is 0 Å². The van der Waals surface area contributed by atoms with E-state index in [-0.39, 0.29) is 19.7 Å². The molecule has 1 aliphatic rings. The number of fused-ring (bicyclic) bond motifs is 1. The van der Waals surface area contributed by atoms with Crippen LogP contribution in [0.25, 0.3) is 17.0 Å². The molecule has 0 bridgehead atoms. The Morgan fingerprint density at radius 2 is 1.67 bits per heavy atom. The molecule has 0 spiro atoms. The summed E-state index contributed by atoms with van der Waals surface area (Å²) in [4.78, 5) is 71.5. The van der Waals surface area contributed by atoms with Crippen LogP contribution in [0.5, 0.6) is 0 Å². The summed E-state index contributed by atoms with van der Waals surface area (Å²) in [6, 6.07) is 7.07. The molecule has 3 amide bonds. The summed E-state index contributed by atoms with van der Waals surface area (Å²) in [7, 11) is 1.45. The van der Waals surface area contributed by atoms with Crippen molar-refractivity contribution >= 4 is 81.6 Å². The number of alkyl carbamates (subject to hydrolysis) is 1. The number of nitrogens with one attached hydrogen (secondary N) is 3. The van der Waals surface area contributed by atoms with E-state index in [4.69, 9.17) is 58.7 Å². The zero-order valence-corrected chi connectivity index (χ0v) is 34.9. The number of hydrogen-bond donors (Lipinski definition) is 3. The van der Waals surface area contributed by atoms with Gasteiger partial charge in [0.05, 0.1) is 23.9 Å². The lowest BCUT2D eigenvalue weighted by Crippen LogP contribution is -2.60. The van der Waals surface area contributed by atoms with Crippen LogP contribution in [0.1, 0.15) is 72.7 Å². The van der Waals surface area contributed by atoms with E-state index in [2.05, 4.69) is 16.0 Å². The van der Waals surface area contributed by atoms with E-state index in [0.717, 1.165) is 10.9 Å². The number of alkyl halides is 3. The van der Waals surface area contributed by atoms with Crippen LogP contribution in [0, 0.1) is 11.3 Å². The Morgan fingerprint density at radius 3 is 2.29 bits per heavy atom. The lowest BCUT2D eigenvalue weighted by Gasteiger charge is -2.34. The molecule has 2 heterocycles. The first-order valence-electron chi connectivity index (χ1n) is 17.9. The molecule has 14 nitrogen and oxygen atoms in total. The number of carbonyl (C=O) groups is 5. The molecule has 0 unspecified atom stereocenters. The number of piperazine rings is 1. The molecule has 1 fully saturated rings. The Morgan fingerprint density at radius 1 is 1.00 bits per heavy atom. The first-order valence-corrected chi connectivity index (χ1v) is 19.0. The minimum Gasteiger partial charge on any atom is -0.460 e. The summed E-state index contributed by atoms with van der Waals surface area (Å²) >= 11 is 17.0. The molecular formula is C38H52Cl3N5O9. The van der Waals surface area contributed by atoms with Crippen molar-refractivity contribution in [2.45, 2.75) is 89.0 Å². The molecule has 0 saturated carbocycles. The van der Waals surface area contributed by atoms with Crippen molar-refractivity contribution in [1.82, 2.24) is 25.8 Å². The average molecular weight is 829 g/mol. The van der Waals surface area contributed by atoms with Crippen LogP contribution in [0.3, 0.4) is 0 Å². The van der Waals surface area contributed by atoms with Crippen LogP contribution in [-0.4, -0.2) is 107 Å². The smallest absolute Gasteiger partial charge is 0.408 e. The van der Waals surface area contributed by atoms with Gasteiger partial charge in [0, 0.05) is 32.1 Å². The molecule has 55 heavy (non-hydrogen) atoms. The van der Waals surface area contributed by atoms with Crippen LogP contribution in [0.15, 0.2) is 36.4 Å². The lowest BCUT2D eigenvalue weighted by atomic mass is 9.90. The number of methoxy groups -OCH3 is 1. The second kappa shape index (κ2) is 19.4. The highest BCUT2D eigenvalue weighted by Gasteiger charge is 2.39. The van der Waals surface area contributed by atoms with Gasteiger partial charge < -0.3 is 39.8 Å². The van der Waals surface area contributed by atoms with E-state index in [9.17, 15) is 24.0 Å². The second-order valence-corrected chi connectivity index (χ2v) is 17.6. The third-order valence-corrected chi connectivity index (χ3v) is 8.77. The maximum Gasteiger partial charge on any atom is 0.408 e. The molecule has 2 aromatic rings. The number of pyridine rings is 1. The minimum atomic E-state index is -1.78. The topological polar surface area (TPSA) is 174 Å². The number of rotatable bonds is 14. The van der Waals surface area contributed by atoms with E-state index in [1.165, 1.54) is 18.9 Å². The highest BCUT2D eigenvalue weighted by Crippen LogP contribution is 2.27. The molecule has 1 aromatic carbocycles. The van der Waals surface area contributed by atoms with Crippen LogP contribution >= 0.6 is 34.8 Å². The molecule has 3 N–H and O–H groups in total. The zero-order chi connectivity index (χ0) is 41.3. The van der Waals surface area contributed by atoms with Crippen molar-refractivity contribution in [3.05, 3.63) is 47.7 Å². The van der Waals surface area contributed by atoms with Gasteiger partial charge in [-0.1, -0.05) is 79.0 Å². The predicted octanol–water partition coefficient (Wildman–Crippen LogP) is 5.27. The van der Waals surface area contributed by atoms with Gasteiger partial charge in [-0.05, 0) is 65.2 Å². The number of carbonyl (C=O) groups excluding carboxylic acids is 5. The van der Waals surface area contributed by atoms with Crippen molar-refractivity contribution < 1.29 is 42.9 Å². The highest BCUT2D eigenvalue weighted by atomic mass is 35.6. The maximum absolute atomic E-state index is 13.7. The van der Waals surface area contributed by atoms with E-state index in [0.29, 0.717) is 17.8 Å². The number of ether oxygens (including phenoxy) is 4. The van der Waals surface area contributed by atoms with Gasteiger partial charge in [0.1, 0.15) is 29.7 Å². The minimum absolute atomic E-state index is 0.0269. The third-order valence-electron chi connectivity index (χ3n) is 8.45. The Hall–Kier alpha value is -3.69. The quantitative estimate of drug-likeness (QED) is 0.129. The standard InChI is InChI=1S/C38H52Cl3N5O9/c1-22(2)30(31(47)43-24(4)32(48)46-17-16-42-29(19-46)33(49)53-21-38(39,40)41)54-34(50)37(8,20-52-9)15-14-25-10-11-26-12-13-27(45-28(26)18-25)23(3)44-35(51)55-36(5,6)7/h10-15,18,22-24,29-30,42H,16-17,19-21H2,1-9H3,(H,43,47)(H,44,51)/b15-14+/t23-,24+,29+,30+,37+/m1/s1. The van der Waals surface area contributed by atoms with E-state index < -0.39 is 81.4 Å². The van der Waals surface area contributed by atoms with Gasteiger partial charge in [-0.3, -0.25) is 24.2 Å². The molecule has 3 rings (SSSR count). The predicted molar refractivity (Wildman–Crippen MR) is 210 cm³/mol. The number of hydrogen-bond acceptors (Lipinski definition) is 11. The Kier molecular flexibility index (Phi) is 16.2. The van der Waals surface area contributed by atoms with E-state index in [1.807, 2.05) is 37.3 Å². The fraction of sp³-hybridized carbons (Fsp3) is 0.579. The molecule has 0 radical (unpaired) electrons. The lowest BCUT2D eigenvalue weighted by molar-refractivity contribution is -0.167. The maximum atomic E-state index is 13.7. The number of nitrogens with zero attached hydrogens (tertiary/aromatic N) is 2. The van der Waals surface area contributed by atoms with Gasteiger partial charge in [-0.15, -0.1) is 0 Å². The molecule has 1 aromatic heterocycles. The molecule has 5 atom stereocenters. The van der Waals surface area contributed by atoms with Crippen molar-refractivity contribution in [1.29, 1.82) is 0 Å². The van der Waals surface area contributed by atoms with Crippen molar-refractivity contribution in [2.75, 3.05) is 40.0 Å². The fourth-order valence-corrected chi connectivity index (χ4v) is 5.71. The van der Waals surface area contributed by atoms with Crippen molar-refractivity contribution in [2.24, 2.45) is 11.3 Å². The number of aromatic nitrogens is 1. The van der Waals surface area contributed by atoms with Gasteiger partial charge >= 0.3 is 18.0 Å². The Balaban J connectivity index is 1.70. The fourth-order valence-electron chi connectivity index (χ4n) is 5.54. The number of benzene rings is 1. The summed E-state index contributed by atoms with van der Waals surface area (Å²) in [6.07, 6.45) is 1.61. The highest BCUT2D eigenvalue weighted by molar-refractivity contribution is 6.67. The number of amides is 3. The van der Waals surface area contributed by atoms with Crippen molar-refractivity contribution in [3.63, 3.8) is 0 Å². The van der Waals surface area contributed by atoms with Gasteiger partial charge in [0.25, 0.3) is 5.91 Å². The van der Waals surface area contributed by atoms with Gasteiger partial charge in [0.15, 0.2) is 6.10 Å². The summed E-state index contributed by atoms with van der Waals surface area (Å²) in [5.41, 5.74) is 0.0992. The molecular weight excluding hydrogens is 777 g/mol. The van der Waals surface area contributed by atoms with Crippen LogP contribution < -0.4 is 16.0 Å². The van der Waals surface area contributed by atoms with Gasteiger partial charge in [-0.2, -0.15) is 0 Å². The number of esters is 2. The molecule has 17 heteroatoms. The Labute approximate surface area is 337 Å². The normalized spacial score (nSPS) is 17.9. The van der Waals surface area contributed by atoms with E-state index >= 15 is 0 Å². The van der Waals surface area contributed by atoms with Gasteiger partial charge in [-0.25, -0.2) is 4.79 Å². The van der Waals surface area contributed by atoms with E-state index in [1.54, 1.807) is 53.7 Å². The summed E-state index contributed by atoms with van der Waals surface area (Å²) < 4.78 is 19.8. The third kappa shape index (κ3) is 14.1. The molecule has 304 valence electrons. The van der Waals surface area contributed by atoms with Gasteiger partial charge in [0.2, 0.25) is 9.70 Å². The van der Waals surface area contributed by atoms with Crippen molar-refractivity contribution in [3.8, 4) is 0 Å². The molecule has 1 saturated heterocycles. The SMILES string of the molecule is COC[C@](C)(/C=C/c1ccc2ccc([C@@H](C)NC(=O)OC(C)(C)C)nc2c1)C(=O)O[C@H](C(=O)N[C@@H](C)C(=O)N1CCN[C@H](C(=O)OCC(Cl)(Cl)Cl)C1)C(C)C. The largest absolute Gasteiger partial charge is 0.460 e. The Bertz CT molecular complexity index is 1730. The summed E-state index contributed by atoms with van der Waals surface area (Å²) in [5.74, 6) is -2.95. The first-order chi connectivity index (χ1) is 25.5. The number of halogens is 3. The average Bonchev–Trinajstić information content (AvgIpc) is 3.09. The molecule has 0 aliphatic carbocycles. The summed E-state index contributed by atoms with van der Waals surface area (Å²) in [6.45, 7) is 13.8. The van der Waals surface area contributed by atoms with Crippen LogP contribution in [-0.2, 0) is 38.1 Å². The zero-order valence-electron chi connectivity index (χ0n) is 32.7.